The predicted octanol–water partition coefficient (Wildman–Crippen LogP) is 2.80. The van der Waals surface area contributed by atoms with Crippen LogP contribution < -0.4 is 9.64 Å². The van der Waals surface area contributed by atoms with Crippen molar-refractivity contribution < 1.29 is 4.74 Å². The normalized spacial score (nSPS) is 15.0. The molecule has 1 aromatic carbocycles. The molecule has 28 heavy (non-hydrogen) atoms. The Morgan fingerprint density at radius 2 is 1.68 bits per heavy atom. The first-order valence-electron chi connectivity index (χ1n) is 9.31. The molecule has 1 fully saturated rings. The van der Waals surface area contributed by atoms with Crippen LogP contribution >= 0.6 is 12.2 Å². The van der Waals surface area contributed by atoms with Gasteiger partial charge in [0.05, 0.1) is 13.8 Å². The van der Waals surface area contributed by atoms with Crippen LogP contribution in [0.1, 0.15) is 0 Å². The highest BCUT2D eigenvalue weighted by atomic mass is 32.1. The molecule has 2 aromatic heterocycles. The Kier molecular flexibility index (Phi) is 5.40. The Bertz CT molecular complexity index is 974. The van der Waals surface area contributed by atoms with E-state index in [1.807, 2.05) is 40.6 Å². The Morgan fingerprint density at radius 3 is 2.32 bits per heavy atom. The zero-order valence-corrected chi connectivity index (χ0v) is 17.0. The second kappa shape index (κ2) is 8.12. The quantitative estimate of drug-likeness (QED) is 0.618. The maximum atomic E-state index is 5.60. The molecule has 0 saturated carbocycles. The molecular weight excluding hydrogens is 372 g/mol. The van der Waals surface area contributed by atoms with E-state index >= 15 is 0 Å². The molecule has 0 atom stereocenters. The highest BCUT2D eigenvalue weighted by molar-refractivity contribution is 7.71. The molecule has 0 radical (unpaired) electrons. The maximum Gasteiger partial charge on any atom is 0.199 e. The van der Waals surface area contributed by atoms with E-state index in [4.69, 9.17) is 22.1 Å². The third kappa shape index (κ3) is 3.79. The van der Waals surface area contributed by atoms with Crippen molar-refractivity contribution in [3.63, 3.8) is 0 Å². The fourth-order valence-corrected chi connectivity index (χ4v) is 3.65. The molecule has 0 aliphatic carbocycles. The molecule has 0 amide bonds. The van der Waals surface area contributed by atoms with Crippen molar-refractivity contribution >= 4 is 17.9 Å². The number of methoxy groups -OCH3 is 1. The third-order valence-electron chi connectivity index (χ3n) is 5.12. The van der Waals surface area contributed by atoms with Gasteiger partial charge in [0, 0.05) is 56.9 Å². The maximum absolute atomic E-state index is 5.60. The average Bonchev–Trinajstić information content (AvgIpc) is 3.03. The number of nitrogens with zero attached hydrogens (tertiary/aromatic N) is 6. The van der Waals surface area contributed by atoms with E-state index in [1.165, 1.54) is 5.69 Å². The fourth-order valence-electron chi connectivity index (χ4n) is 3.46. The van der Waals surface area contributed by atoms with Gasteiger partial charge < -0.3 is 14.2 Å². The summed E-state index contributed by atoms with van der Waals surface area (Å²) in [5.74, 6) is 1.75. The lowest BCUT2D eigenvalue weighted by molar-refractivity contribution is 0.194. The summed E-state index contributed by atoms with van der Waals surface area (Å²) in [5, 5.41) is 4.75. The number of benzene rings is 1. The van der Waals surface area contributed by atoms with E-state index in [-0.39, 0.29) is 0 Å². The zero-order chi connectivity index (χ0) is 19.5. The Morgan fingerprint density at radius 1 is 1.00 bits per heavy atom. The number of hydrogen-bond acceptors (Lipinski definition) is 6. The van der Waals surface area contributed by atoms with E-state index in [2.05, 4.69) is 26.9 Å². The fraction of sp³-hybridized carbons (Fsp3) is 0.350. The molecule has 1 aliphatic heterocycles. The van der Waals surface area contributed by atoms with Crippen molar-refractivity contribution in [2.45, 2.75) is 6.67 Å². The second-order valence-corrected chi connectivity index (χ2v) is 7.21. The van der Waals surface area contributed by atoms with Crippen molar-refractivity contribution in [1.82, 2.24) is 24.2 Å². The average molecular weight is 397 g/mol. The van der Waals surface area contributed by atoms with Crippen LogP contribution in [0.4, 0.5) is 5.69 Å². The molecule has 4 rings (SSSR count). The molecule has 3 heterocycles. The number of hydrogen-bond donors (Lipinski definition) is 0. The zero-order valence-electron chi connectivity index (χ0n) is 16.2. The van der Waals surface area contributed by atoms with Crippen LogP contribution in [0.3, 0.4) is 0 Å². The van der Waals surface area contributed by atoms with Gasteiger partial charge in [0.1, 0.15) is 5.75 Å². The molecule has 0 bridgehead atoms. The van der Waals surface area contributed by atoms with E-state index < -0.39 is 0 Å². The molecule has 0 N–H and O–H groups in total. The largest absolute Gasteiger partial charge is 0.497 e. The molecule has 7 nitrogen and oxygen atoms in total. The highest BCUT2D eigenvalue weighted by Crippen LogP contribution is 2.21. The van der Waals surface area contributed by atoms with E-state index in [0.717, 1.165) is 48.1 Å². The van der Waals surface area contributed by atoms with E-state index in [1.54, 1.807) is 19.5 Å². The molecule has 0 spiro atoms. The summed E-state index contributed by atoms with van der Waals surface area (Å²) < 4.78 is 9.84. The number of rotatable bonds is 5. The van der Waals surface area contributed by atoms with Gasteiger partial charge in [0.2, 0.25) is 0 Å². The summed E-state index contributed by atoms with van der Waals surface area (Å²) in [5.41, 5.74) is 2.25. The molecule has 1 saturated heterocycles. The molecule has 1 aliphatic rings. The van der Waals surface area contributed by atoms with Gasteiger partial charge in [-0.05, 0) is 48.6 Å². The Labute approximate surface area is 169 Å². The Hall–Kier alpha value is -2.71. The topological polar surface area (TPSA) is 51.4 Å². The van der Waals surface area contributed by atoms with E-state index in [9.17, 15) is 0 Å². The second-order valence-electron chi connectivity index (χ2n) is 6.85. The first-order chi connectivity index (χ1) is 13.7. The van der Waals surface area contributed by atoms with Crippen LogP contribution in [-0.2, 0) is 13.7 Å². The minimum absolute atomic E-state index is 0.703. The van der Waals surface area contributed by atoms with Crippen LogP contribution in [0.25, 0.3) is 11.4 Å². The summed E-state index contributed by atoms with van der Waals surface area (Å²) in [6.45, 7) is 4.59. The molecule has 0 unspecified atom stereocenters. The van der Waals surface area contributed by atoms with Crippen LogP contribution in [-0.4, -0.2) is 57.5 Å². The van der Waals surface area contributed by atoms with Gasteiger partial charge in [-0.15, -0.1) is 0 Å². The summed E-state index contributed by atoms with van der Waals surface area (Å²) in [4.78, 5) is 8.86. The van der Waals surface area contributed by atoms with Crippen molar-refractivity contribution in [2.24, 2.45) is 7.05 Å². The van der Waals surface area contributed by atoms with Gasteiger partial charge in [0.25, 0.3) is 0 Å². The summed E-state index contributed by atoms with van der Waals surface area (Å²) >= 11 is 5.60. The summed E-state index contributed by atoms with van der Waals surface area (Å²) in [6.07, 6.45) is 3.55. The number of piperazine rings is 1. The van der Waals surface area contributed by atoms with Gasteiger partial charge in [-0.25, -0.2) is 4.68 Å². The van der Waals surface area contributed by atoms with Gasteiger partial charge >= 0.3 is 0 Å². The molecule has 3 aromatic rings. The van der Waals surface area contributed by atoms with Gasteiger partial charge in [-0.1, -0.05) is 0 Å². The standard InChI is InChI=1S/C20H24N6OS/c1-23-19(16-7-9-21-10-8-16)22-26(20(23)28)15-24-11-13-25(14-12-24)17-3-5-18(27-2)6-4-17/h3-10H,11-15H2,1-2H3. The van der Waals surface area contributed by atoms with Crippen molar-refractivity contribution in [3.05, 3.63) is 53.6 Å². The van der Waals surface area contributed by atoms with Crippen molar-refractivity contribution in [3.8, 4) is 17.1 Å². The lowest BCUT2D eigenvalue weighted by Gasteiger charge is -2.35. The van der Waals surface area contributed by atoms with Crippen LogP contribution in [0, 0.1) is 4.77 Å². The predicted molar refractivity (Wildman–Crippen MR) is 112 cm³/mol. The van der Waals surface area contributed by atoms with Crippen LogP contribution in [0.15, 0.2) is 48.8 Å². The smallest absolute Gasteiger partial charge is 0.199 e. The lowest BCUT2D eigenvalue weighted by atomic mass is 10.2. The van der Waals surface area contributed by atoms with Crippen molar-refractivity contribution in [2.75, 3.05) is 38.2 Å². The summed E-state index contributed by atoms with van der Waals surface area (Å²) in [6, 6.07) is 12.2. The molecule has 146 valence electrons. The lowest BCUT2D eigenvalue weighted by Crippen LogP contribution is -2.47. The molecule has 8 heteroatoms. The number of aromatic nitrogens is 4. The Balaban J connectivity index is 1.42. The van der Waals surface area contributed by atoms with E-state index in [0.29, 0.717) is 6.67 Å². The first kappa shape index (κ1) is 18.6. The van der Waals surface area contributed by atoms with Gasteiger partial charge in [0.15, 0.2) is 10.6 Å². The SMILES string of the molecule is COc1ccc(N2CCN(Cn3nc(-c4ccncc4)n(C)c3=S)CC2)cc1. The third-order valence-corrected chi connectivity index (χ3v) is 5.61. The van der Waals surface area contributed by atoms with Gasteiger partial charge in [-0.2, -0.15) is 5.10 Å². The van der Waals surface area contributed by atoms with Crippen LogP contribution in [0.5, 0.6) is 5.75 Å². The minimum Gasteiger partial charge on any atom is -0.497 e. The van der Waals surface area contributed by atoms with Gasteiger partial charge in [-0.3, -0.25) is 9.88 Å². The number of pyridine rings is 1. The minimum atomic E-state index is 0.703. The monoisotopic (exact) mass is 396 g/mol. The number of ether oxygens (including phenoxy) is 1. The van der Waals surface area contributed by atoms with Crippen LogP contribution in [0.2, 0.25) is 0 Å². The highest BCUT2D eigenvalue weighted by Gasteiger charge is 2.19. The van der Waals surface area contributed by atoms with Crippen molar-refractivity contribution in [1.29, 1.82) is 0 Å². The summed E-state index contributed by atoms with van der Waals surface area (Å²) in [7, 11) is 3.65. The first-order valence-corrected chi connectivity index (χ1v) is 9.72. The number of anilines is 1. The molecular formula is C20H24N6OS.